The van der Waals surface area contributed by atoms with Gasteiger partial charge in [0.15, 0.2) is 12.6 Å². The van der Waals surface area contributed by atoms with Crippen LogP contribution in [0.25, 0.3) is 0 Å². The van der Waals surface area contributed by atoms with E-state index in [9.17, 15) is 86.4 Å². The van der Waals surface area contributed by atoms with Gasteiger partial charge in [-0.25, -0.2) is 25.5 Å². The van der Waals surface area contributed by atoms with E-state index in [1.165, 1.54) is 0 Å². The molecule has 0 atom stereocenters. The Bertz CT molecular complexity index is 1110. The summed E-state index contributed by atoms with van der Waals surface area (Å²) in [7, 11) is -23.0. The topological polar surface area (TPSA) is 173 Å². The molecule has 0 aliphatic heterocycles. The van der Waals surface area contributed by atoms with Crippen LogP contribution in [0.15, 0.2) is 0 Å². The van der Waals surface area contributed by atoms with Crippen molar-refractivity contribution in [1.82, 2.24) is 0 Å². The SMILES string of the molecule is CC(OS(=O)(=O)C(F)(F)C(F)(F)F)OS(=O)(=O)C(F)(F)C(F)(F)F.CC(OS(=O)(=O)CF)OS(=O)(=O)CF. The first-order valence-electron chi connectivity index (χ1n) is 8.01. The van der Waals surface area contributed by atoms with Crippen LogP contribution in [-0.4, -0.2) is 81.1 Å². The Morgan fingerprint density at radius 2 is 0.711 bits per heavy atom. The molecule has 0 unspecified atom stereocenters. The van der Waals surface area contributed by atoms with Crippen molar-refractivity contribution in [3.05, 3.63) is 0 Å². The second-order valence-electron chi connectivity index (χ2n) is 5.79. The second kappa shape index (κ2) is 12.5. The Morgan fingerprint density at radius 1 is 0.500 bits per heavy atom. The summed E-state index contributed by atoms with van der Waals surface area (Å²) in [6.45, 7) is 0.744. The fourth-order valence-electron chi connectivity index (χ4n) is 1.26. The lowest BCUT2D eigenvalue weighted by molar-refractivity contribution is -0.247. The minimum atomic E-state index is -7.04. The third-order valence-electron chi connectivity index (χ3n) is 2.64. The van der Waals surface area contributed by atoms with Crippen molar-refractivity contribution in [2.24, 2.45) is 0 Å². The Morgan fingerprint density at radius 3 is 0.895 bits per heavy atom. The highest BCUT2D eigenvalue weighted by molar-refractivity contribution is 7.88. The van der Waals surface area contributed by atoms with Gasteiger partial charge in [-0.1, -0.05) is 0 Å². The minimum Gasteiger partial charge on any atom is -0.235 e. The van der Waals surface area contributed by atoms with Gasteiger partial charge in [0, 0.05) is 0 Å². The van der Waals surface area contributed by atoms with Crippen LogP contribution in [-0.2, 0) is 57.2 Å². The Labute approximate surface area is 205 Å². The van der Waals surface area contributed by atoms with Gasteiger partial charge in [-0.15, -0.1) is 0 Å². The lowest BCUT2D eigenvalue weighted by Gasteiger charge is -2.23. The lowest BCUT2D eigenvalue weighted by Crippen LogP contribution is -2.48. The van der Waals surface area contributed by atoms with Crippen molar-refractivity contribution in [3.63, 3.8) is 0 Å². The molecule has 28 heteroatoms. The smallest absolute Gasteiger partial charge is 0.235 e. The molecule has 0 N–H and O–H groups in total. The molecule has 0 aromatic rings. The van der Waals surface area contributed by atoms with E-state index in [0.29, 0.717) is 0 Å². The molecule has 0 radical (unpaired) electrons. The summed E-state index contributed by atoms with van der Waals surface area (Å²) in [6.07, 6.45) is -18.7. The molecule has 0 fully saturated rings. The molecule has 0 aromatic carbocycles. The molecule has 0 rings (SSSR count). The van der Waals surface area contributed by atoms with E-state index >= 15 is 0 Å². The van der Waals surface area contributed by atoms with Gasteiger partial charge in [-0.2, -0.15) is 77.6 Å². The van der Waals surface area contributed by atoms with Crippen molar-refractivity contribution in [3.8, 4) is 0 Å². The van der Waals surface area contributed by atoms with E-state index in [-0.39, 0.29) is 6.92 Å². The van der Waals surface area contributed by atoms with Crippen LogP contribution in [0.5, 0.6) is 0 Å². The zero-order valence-corrected chi connectivity index (χ0v) is 20.9. The fourth-order valence-corrected chi connectivity index (χ4v) is 3.97. The summed E-state index contributed by atoms with van der Waals surface area (Å²) >= 11 is 0. The number of alkyl halides is 12. The molecule has 0 aliphatic carbocycles. The molecular formula is C10H12F12O12S4. The van der Waals surface area contributed by atoms with Gasteiger partial charge in [0.1, 0.15) is 0 Å². The molecule has 0 saturated heterocycles. The first-order chi connectivity index (χ1) is 16.3. The first kappa shape index (κ1) is 38.9. The number of halogens is 12. The molecule has 0 saturated carbocycles. The molecule has 0 aromatic heterocycles. The highest BCUT2D eigenvalue weighted by Crippen LogP contribution is 2.43. The highest BCUT2D eigenvalue weighted by atomic mass is 32.2. The summed E-state index contributed by atoms with van der Waals surface area (Å²) in [5, 5.41) is -13.3. The minimum absolute atomic E-state index is 0.131. The Hall–Kier alpha value is -1.20. The molecule has 38 heavy (non-hydrogen) atoms. The first-order valence-corrected chi connectivity index (χ1v) is 14.0. The predicted molar refractivity (Wildman–Crippen MR) is 92.9 cm³/mol. The number of rotatable bonds is 12. The van der Waals surface area contributed by atoms with Crippen LogP contribution in [0.1, 0.15) is 13.8 Å². The van der Waals surface area contributed by atoms with E-state index in [0.717, 1.165) is 6.92 Å². The standard InChI is InChI=1S/C6H4F10O6S2.C4H8F2O6S2/c1-2(21-23(17,18)5(13,14)3(7,8)9)22-24(19,20)6(15,16)4(10,11)12;1-4(11-13(7,8)2-5)12-14(9,10)3-6/h2H,1H3;4H,2-3H2,1H3. The zero-order chi connectivity index (χ0) is 31.4. The largest absolute Gasteiger partial charge is 0.472 e. The van der Waals surface area contributed by atoms with Gasteiger partial charge >= 0.3 is 43.1 Å². The fraction of sp³-hybridized carbons (Fsp3) is 1.00. The van der Waals surface area contributed by atoms with Crippen LogP contribution in [0.4, 0.5) is 52.7 Å². The van der Waals surface area contributed by atoms with Gasteiger partial charge < -0.3 is 0 Å². The van der Waals surface area contributed by atoms with E-state index in [1.54, 1.807) is 0 Å². The van der Waals surface area contributed by atoms with Crippen LogP contribution >= 0.6 is 0 Å². The van der Waals surface area contributed by atoms with E-state index in [4.69, 9.17) is 0 Å². The summed E-state index contributed by atoms with van der Waals surface area (Å²) < 4.78 is 242. The van der Waals surface area contributed by atoms with E-state index in [1.807, 2.05) is 0 Å². The molecule has 0 heterocycles. The average molecular weight is 680 g/mol. The summed E-state index contributed by atoms with van der Waals surface area (Å²) in [4.78, 5) is 0. The van der Waals surface area contributed by atoms with Crippen LogP contribution < -0.4 is 0 Å². The van der Waals surface area contributed by atoms with E-state index < -0.39 is 87.9 Å². The highest BCUT2D eigenvalue weighted by Gasteiger charge is 2.70. The monoisotopic (exact) mass is 680 g/mol. The third-order valence-corrected chi connectivity index (χ3v) is 7.07. The summed E-state index contributed by atoms with van der Waals surface area (Å²) in [5.74, 6) is 0. The van der Waals surface area contributed by atoms with Crippen molar-refractivity contribution >= 4 is 40.5 Å². The second-order valence-corrected chi connectivity index (χ2v) is 12.1. The predicted octanol–water partition coefficient (Wildman–Crippen LogP) is 2.21. The van der Waals surface area contributed by atoms with Crippen molar-refractivity contribution in [1.29, 1.82) is 0 Å². The maximum Gasteiger partial charge on any atom is 0.472 e. The normalized spacial score (nSPS) is 14.9. The molecule has 12 nitrogen and oxygen atoms in total. The Balaban J connectivity index is 0. The Kier molecular flexibility index (Phi) is 12.9. The molecule has 0 aliphatic rings. The number of hydrogen-bond acceptors (Lipinski definition) is 12. The zero-order valence-electron chi connectivity index (χ0n) is 17.6. The van der Waals surface area contributed by atoms with E-state index in [2.05, 4.69) is 16.7 Å². The molecule has 0 spiro atoms. The van der Waals surface area contributed by atoms with Crippen molar-refractivity contribution in [2.45, 2.75) is 49.3 Å². The maximum absolute atomic E-state index is 12.6. The third kappa shape index (κ3) is 10.8. The molecule has 0 amide bonds. The summed E-state index contributed by atoms with van der Waals surface area (Å²) in [5.41, 5.74) is 0. The van der Waals surface area contributed by atoms with Gasteiger partial charge in [-0.3, -0.25) is 0 Å². The maximum atomic E-state index is 12.6. The van der Waals surface area contributed by atoms with Crippen molar-refractivity contribution < 1.29 is 103 Å². The number of hydrogen-bond donors (Lipinski definition) is 0. The quantitative estimate of drug-likeness (QED) is 0.167. The summed E-state index contributed by atoms with van der Waals surface area (Å²) in [6, 6.07) is -3.65. The van der Waals surface area contributed by atoms with Crippen LogP contribution in [0.3, 0.4) is 0 Å². The molecule has 232 valence electrons. The molecule has 0 bridgehead atoms. The van der Waals surface area contributed by atoms with Crippen LogP contribution in [0, 0.1) is 0 Å². The van der Waals surface area contributed by atoms with Gasteiger partial charge in [0.05, 0.1) is 0 Å². The molecular weight excluding hydrogens is 668 g/mol. The van der Waals surface area contributed by atoms with Gasteiger partial charge in [-0.05, 0) is 13.8 Å². The average Bonchev–Trinajstić information content (AvgIpc) is 2.64. The van der Waals surface area contributed by atoms with Gasteiger partial charge in [0.2, 0.25) is 12.0 Å². The van der Waals surface area contributed by atoms with Gasteiger partial charge in [0.25, 0.3) is 20.2 Å². The van der Waals surface area contributed by atoms with Crippen molar-refractivity contribution in [2.75, 3.05) is 12.0 Å². The lowest BCUT2D eigenvalue weighted by atomic mass is 10.7. The van der Waals surface area contributed by atoms with Crippen LogP contribution in [0.2, 0.25) is 0 Å².